The van der Waals surface area contributed by atoms with Gasteiger partial charge in [0, 0.05) is 31.6 Å². The number of furan rings is 1. The van der Waals surface area contributed by atoms with E-state index < -0.39 is 17.7 Å². The van der Waals surface area contributed by atoms with E-state index in [2.05, 4.69) is 10.3 Å². The number of hydrogen-bond donors (Lipinski definition) is 1. The number of piperidine rings is 1. The molecule has 1 amide bonds. The number of pyridine rings is 1. The molecular formula is C25H24F3N3O4. The lowest BCUT2D eigenvalue weighted by Crippen LogP contribution is -2.48. The number of nitrogens with zero attached hydrogens (tertiary/aromatic N) is 2. The molecule has 0 atom stereocenters. The first-order valence-electron chi connectivity index (χ1n) is 11.1. The molecular weight excluding hydrogens is 463 g/mol. The molecule has 0 radical (unpaired) electrons. The lowest BCUT2D eigenvalue weighted by molar-refractivity contribution is -0.218. The highest BCUT2D eigenvalue weighted by atomic mass is 19.4. The van der Waals surface area contributed by atoms with Crippen LogP contribution in [0.3, 0.4) is 0 Å². The van der Waals surface area contributed by atoms with Gasteiger partial charge < -0.3 is 19.4 Å². The third-order valence-electron chi connectivity index (χ3n) is 5.95. The number of nitrogens with one attached hydrogen (secondary N) is 1. The molecule has 0 aliphatic carbocycles. The summed E-state index contributed by atoms with van der Waals surface area (Å²) >= 11 is 0. The highest BCUT2D eigenvalue weighted by Crippen LogP contribution is 2.39. The average molecular weight is 487 g/mol. The first-order valence-corrected chi connectivity index (χ1v) is 11.1. The van der Waals surface area contributed by atoms with Crippen LogP contribution in [-0.4, -0.2) is 41.0 Å². The molecule has 3 heterocycles. The van der Waals surface area contributed by atoms with Crippen molar-refractivity contribution in [3.63, 3.8) is 0 Å². The summed E-state index contributed by atoms with van der Waals surface area (Å²) in [6.45, 7) is 2.33. The van der Waals surface area contributed by atoms with Gasteiger partial charge in [-0.3, -0.25) is 4.79 Å². The lowest BCUT2D eigenvalue weighted by atomic mass is 9.84. The summed E-state index contributed by atoms with van der Waals surface area (Å²) in [5.74, 6) is -1.50. The van der Waals surface area contributed by atoms with Gasteiger partial charge in [-0.2, -0.15) is 13.2 Å². The number of hydrogen-bond acceptors (Lipinski definition) is 6. The normalized spacial score (nSPS) is 15.5. The van der Waals surface area contributed by atoms with E-state index in [0.29, 0.717) is 34.9 Å². The van der Waals surface area contributed by atoms with Crippen LogP contribution in [0.5, 0.6) is 0 Å². The van der Waals surface area contributed by atoms with Crippen LogP contribution in [0.1, 0.15) is 40.2 Å². The van der Waals surface area contributed by atoms with Gasteiger partial charge in [-0.05, 0) is 36.8 Å². The van der Waals surface area contributed by atoms with Crippen molar-refractivity contribution < 1.29 is 31.9 Å². The zero-order valence-electron chi connectivity index (χ0n) is 19.0. The smallest absolute Gasteiger partial charge is 0.467 e. The van der Waals surface area contributed by atoms with Gasteiger partial charge >= 0.3 is 12.1 Å². The van der Waals surface area contributed by atoms with Crippen LogP contribution in [-0.2, 0) is 21.7 Å². The minimum atomic E-state index is -5.11. The second-order valence-electron chi connectivity index (χ2n) is 8.32. The van der Waals surface area contributed by atoms with Crippen molar-refractivity contribution in [2.75, 3.05) is 18.4 Å². The molecule has 4 rings (SSSR count). The number of carbonyl (C=O) groups is 2. The van der Waals surface area contributed by atoms with Crippen LogP contribution in [0.2, 0.25) is 0 Å². The van der Waals surface area contributed by atoms with E-state index >= 15 is 0 Å². The Bertz CT molecular complexity index is 1170. The number of ether oxygens (including phenoxy) is 1. The number of rotatable bonds is 6. The predicted molar refractivity (Wildman–Crippen MR) is 120 cm³/mol. The summed E-state index contributed by atoms with van der Waals surface area (Å²) in [5.41, 5.74) is 0.0322. The van der Waals surface area contributed by atoms with Gasteiger partial charge in [0.1, 0.15) is 17.2 Å². The van der Waals surface area contributed by atoms with E-state index in [1.807, 2.05) is 0 Å². The van der Waals surface area contributed by atoms with Gasteiger partial charge in [0.25, 0.3) is 5.91 Å². The summed E-state index contributed by atoms with van der Waals surface area (Å²) < 4.78 is 49.4. The van der Waals surface area contributed by atoms with Crippen LogP contribution in [0, 0.1) is 6.92 Å². The van der Waals surface area contributed by atoms with E-state index in [4.69, 9.17) is 9.15 Å². The molecule has 10 heteroatoms. The van der Waals surface area contributed by atoms with Gasteiger partial charge in [-0.1, -0.05) is 30.3 Å². The molecule has 7 nitrogen and oxygen atoms in total. The van der Waals surface area contributed by atoms with Crippen molar-refractivity contribution >= 4 is 17.7 Å². The number of anilines is 1. The third kappa shape index (κ3) is 5.47. The van der Waals surface area contributed by atoms with Gasteiger partial charge in [-0.25, -0.2) is 9.78 Å². The second-order valence-corrected chi connectivity index (χ2v) is 8.32. The van der Waals surface area contributed by atoms with Crippen LogP contribution in [0.25, 0.3) is 0 Å². The maximum atomic E-state index is 13.4. The average Bonchev–Trinajstić information content (AvgIpc) is 3.36. The Morgan fingerprint density at radius 1 is 1.09 bits per heavy atom. The van der Waals surface area contributed by atoms with E-state index in [9.17, 15) is 22.8 Å². The second kappa shape index (κ2) is 9.81. The summed E-state index contributed by atoms with van der Waals surface area (Å²) in [7, 11) is 0. The van der Waals surface area contributed by atoms with E-state index in [1.165, 1.54) is 4.90 Å². The molecule has 0 spiro atoms. The zero-order chi connectivity index (χ0) is 25.1. The van der Waals surface area contributed by atoms with E-state index in [-0.39, 0.29) is 31.8 Å². The van der Waals surface area contributed by atoms with E-state index in [1.54, 1.807) is 67.8 Å². The molecule has 2 aromatic heterocycles. The van der Waals surface area contributed by atoms with Crippen molar-refractivity contribution in [3.05, 3.63) is 83.4 Å². The van der Waals surface area contributed by atoms with Gasteiger partial charge in [0.2, 0.25) is 0 Å². The van der Waals surface area contributed by atoms with Crippen molar-refractivity contribution in [1.29, 1.82) is 0 Å². The van der Waals surface area contributed by atoms with Gasteiger partial charge in [0.05, 0.1) is 18.4 Å². The highest BCUT2D eigenvalue weighted by molar-refractivity contribution is 5.98. The first-order chi connectivity index (χ1) is 16.7. The molecule has 35 heavy (non-hydrogen) atoms. The number of halogens is 3. The Balaban J connectivity index is 1.53. The standard InChI is InChI=1S/C25H24F3N3O4/c1-17-9-10-20(21(30-17)29-16-19-8-5-15-34-19)22(32)31-13-11-24(12-14-31,18-6-3-2-4-7-18)35-23(33)25(26,27)28/h2-10,15H,11-14,16H2,1H3,(H,29,30). The maximum Gasteiger partial charge on any atom is 0.490 e. The van der Waals surface area contributed by atoms with Gasteiger partial charge in [-0.15, -0.1) is 0 Å². The number of aryl methyl sites for hydroxylation is 1. The minimum absolute atomic E-state index is 0.0268. The molecule has 1 fully saturated rings. The Hall–Kier alpha value is -3.82. The Labute approximate surface area is 199 Å². The number of alkyl halides is 3. The summed E-state index contributed by atoms with van der Waals surface area (Å²) in [6, 6.07) is 15.3. The molecule has 1 aliphatic rings. The Morgan fingerprint density at radius 3 is 2.43 bits per heavy atom. The molecule has 0 bridgehead atoms. The molecule has 0 unspecified atom stereocenters. The number of benzene rings is 1. The van der Waals surface area contributed by atoms with Crippen LogP contribution < -0.4 is 5.32 Å². The number of carbonyl (C=O) groups excluding carboxylic acids is 2. The molecule has 1 aromatic carbocycles. The van der Waals surface area contributed by atoms with Crippen LogP contribution in [0.15, 0.2) is 65.3 Å². The largest absolute Gasteiger partial charge is 0.490 e. The zero-order valence-corrected chi connectivity index (χ0v) is 19.0. The topological polar surface area (TPSA) is 84.7 Å². The maximum absolute atomic E-state index is 13.4. The molecule has 1 saturated heterocycles. The highest BCUT2D eigenvalue weighted by Gasteiger charge is 2.48. The fraction of sp³-hybridized carbons (Fsp3) is 0.320. The third-order valence-corrected chi connectivity index (χ3v) is 5.95. The predicted octanol–water partition coefficient (Wildman–Crippen LogP) is 4.83. The van der Waals surface area contributed by atoms with Crippen molar-refractivity contribution in [2.45, 2.75) is 38.1 Å². The lowest BCUT2D eigenvalue weighted by Gasteiger charge is -2.41. The van der Waals surface area contributed by atoms with Gasteiger partial charge in [0.15, 0.2) is 0 Å². The number of amides is 1. The molecule has 0 saturated carbocycles. The fourth-order valence-electron chi connectivity index (χ4n) is 4.12. The number of esters is 1. The van der Waals surface area contributed by atoms with Crippen molar-refractivity contribution in [1.82, 2.24) is 9.88 Å². The molecule has 3 aromatic rings. The van der Waals surface area contributed by atoms with Crippen molar-refractivity contribution in [3.8, 4) is 0 Å². The molecule has 1 N–H and O–H groups in total. The number of aromatic nitrogens is 1. The minimum Gasteiger partial charge on any atom is -0.467 e. The van der Waals surface area contributed by atoms with Crippen molar-refractivity contribution in [2.24, 2.45) is 0 Å². The SMILES string of the molecule is Cc1ccc(C(=O)N2CCC(OC(=O)C(F)(F)F)(c3ccccc3)CC2)c(NCc2ccco2)n1. The Kier molecular flexibility index (Phi) is 6.81. The van der Waals surface area contributed by atoms with Crippen LogP contribution >= 0.6 is 0 Å². The monoisotopic (exact) mass is 487 g/mol. The fourth-order valence-corrected chi connectivity index (χ4v) is 4.12. The Morgan fingerprint density at radius 2 is 1.80 bits per heavy atom. The quantitative estimate of drug-likeness (QED) is 0.502. The molecule has 1 aliphatic heterocycles. The first kappa shape index (κ1) is 24.3. The molecule has 184 valence electrons. The van der Waals surface area contributed by atoms with E-state index in [0.717, 1.165) is 0 Å². The van der Waals surface area contributed by atoms with Crippen LogP contribution in [0.4, 0.5) is 19.0 Å². The summed E-state index contributed by atoms with van der Waals surface area (Å²) in [5, 5.41) is 3.11. The number of likely N-dealkylation sites (tertiary alicyclic amines) is 1. The summed E-state index contributed by atoms with van der Waals surface area (Å²) in [4.78, 5) is 31.1. The summed E-state index contributed by atoms with van der Waals surface area (Å²) in [6.07, 6.45) is -3.51.